The molecule has 2 aliphatic heterocycles. The molecule has 13 nitrogen and oxygen atoms in total. The van der Waals surface area contributed by atoms with E-state index in [1.807, 2.05) is 27.7 Å². The number of H-pyrrole nitrogens is 1. The van der Waals surface area contributed by atoms with Crippen LogP contribution in [-0.2, 0) is 32.0 Å². The number of ketones is 2. The van der Waals surface area contributed by atoms with Gasteiger partial charge < -0.3 is 24.4 Å². The Morgan fingerprint density at radius 1 is 1.02 bits per heavy atom. The van der Waals surface area contributed by atoms with Crippen molar-refractivity contribution in [3.05, 3.63) is 17.0 Å². The monoisotopic (exact) mass is 592 g/mol. The minimum Gasteiger partial charge on any atom is -0.444 e. The summed E-state index contributed by atoms with van der Waals surface area (Å²) in [4.78, 5) is 49.5. The van der Waals surface area contributed by atoms with Gasteiger partial charge in [0, 0.05) is 26.8 Å². The summed E-state index contributed by atoms with van der Waals surface area (Å²) < 4.78 is 10.5. The number of aliphatic hydroxyl groups excluding tert-OH is 1. The van der Waals surface area contributed by atoms with Crippen molar-refractivity contribution in [2.45, 2.75) is 92.9 Å². The fourth-order valence-electron chi connectivity index (χ4n) is 3.69. The Hall–Kier alpha value is -3.06. The largest absolute Gasteiger partial charge is 0.444 e. The van der Waals surface area contributed by atoms with Crippen molar-refractivity contribution in [2.75, 3.05) is 26.2 Å². The molecular weight excluding hydrogens is 544 g/mol. The molecule has 0 radical (unpaired) electrons. The minimum absolute atomic E-state index is 0. The average molecular weight is 593 g/mol. The van der Waals surface area contributed by atoms with Gasteiger partial charge in [-0.3, -0.25) is 14.7 Å². The third kappa shape index (κ3) is 13.8. The summed E-state index contributed by atoms with van der Waals surface area (Å²) in [5.41, 5.74) is 12.3. The number of Topliss-reactive ketones (excluding diaryl/α,β-unsaturated/α-hetero) is 2. The molecular formula is C26H49ClN6O7. The molecule has 232 valence electrons. The number of nitrogens with one attached hydrogen (secondary N) is 3. The topological polar surface area (TPSA) is 190 Å². The third-order valence-electron chi connectivity index (χ3n) is 5.35. The number of carbonyl (C=O) groups is 4. The van der Waals surface area contributed by atoms with Crippen molar-refractivity contribution in [1.29, 1.82) is 11.1 Å². The standard InChI is InChI=1S/C12H19N3O2.C12H19NO4.C2H6O.ClH.H2N2.H2/c1-8-9-5-6-15(7-10(9)14-13-8)11(16)17-12(2,3)4;1-8(14)9-5-6-13(7-10(9)15)11(16)17-12(2,3)4;1-2-3;;1-2;/h5-7H2,1-4H3,(H,13,14);9H,5-7H2,1-4H3;3H,2H2,1H3;1H;1-2H;1H. The highest BCUT2D eigenvalue weighted by molar-refractivity contribution is 6.03. The predicted octanol–water partition coefficient (Wildman–Crippen LogP) is 4.68. The molecule has 0 saturated carbocycles. The fourth-order valence-corrected chi connectivity index (χ4v) is 3.69. The molecule has 1 saturated heterocycles. The number of carbonyl (C=O) groups excluding carboxylic acids is 4. The second kappa shape index (κ2) is 17.6. The van der Waals surface area contributed by atoms with Crippen LogP contribution in [0, 0.1) is 23.9 Å². The van der Waals surface area contributed by atoms with Gasteiger partial charge in [0.25, 0.3) is 0 Å². The van der Waals surface area contributed by atoms with Crippen LogP contribution in [-0.4, -0.2) is 86.3 Å². The molecule has 40 heavy (non-hydrogen) atoms. The Kier molecular flexibility index (Phi) is 17.2. The third-order valence-corrected chi connectivity index (χ3v) is 5.35. The van der Waals surface area contributed by atoms with E-state index in [2.05, 4.69) is 10.2 Å². The molecule has 1 aromatic rings. The van der Waals surface area contributed by atoms with E-state index in [-0.39, 0.29) is 44.6 Å². The van der Waals surface area contributed by atoms with Crippen LogP contribution in [0.5, 0.6) is 0 Å². The normalized spacial score (nSPS) is 16.2. The van der Waals surface area contributed by atoms with Crippen molar-refractivity contribution in [3.63, 3.8) is 0 Å². The molecule has 3 heterocycles. The SMILES string of the molecule is CC(=O)C1CCN(C(=O)OC(C)(C)C)CC1=O.CCO.Cc1[nH]nc2c1CCN(C(=O)OC(C)(C)C)C2.Cl.N=N.[HH]. The van der Waals surface area contributed by atoms with E-state index in [4.69, 9.17) is 25.6 Å². The Balaban J connectivity index is -0.000000584. The Morgan fingerprint density at radius 2 is 1.48 bits per heavy atom. The first kappa shape index (κ1) is 39.1. The first-order valence-electron chi connectivity index (χ1n) is 12.9. The Morgan fingerprint density at radius 3 is 1.88 bits per heavy atom. The van der Waals surface area contributed by atoms with E-state index in [9.17, 15) is 19.2 Å². The van der Waals surface area contributed by atoms with E-state index in [1.165, 1.54) is 17.4 Å². The van der Waals surface area contributed by atoms with Gasteiger partial charge >= 0.3 is 12.2 Å². The highest BCUT2D eigenvalue weighted by atomic mass is 35.5. The molecule has 0 aliphatic carbocycles. The smallest absolute Gasteiger partial charge is 0.410 e. The molecule has 3 rings (SSSR count). The zero-order valence-corrected chi connectivity index (χ0v) is 26.0. The summed E-state index contributed by atoms with van der Waals surface area (Å²) in [7, 11) is 0. The van der Waals surface area contributed by atoms with E-state index >= 15 is 0 Å². The average Bonchev–Trinajstić information content (AvgIpc) is 3.19. The molecule has 0 bridgehead atoms. The number of aryl methyl sites for hydroxylation is 1. The first-order chi connectivity index (χ1) is 18.0. The predicted molar refractivity (Wildman–Crippen MR) is 153 cm³/mol. The summed E-state index contributed by atoms with van der Waals surface area (Å²) in [5, 5.41) is 14.7. The molecule has 4 N–H and O–H groups in total. The summed E-state index contributed by atoms with van der Waals surface area (Å²) in [5.74, 6) is -0.873. The number of amides is 2. The number of halogens is 1. The van der Waals surface area contributed by atoms with Crippen LogP contribution in [0.2, 0.25) is 0 Å². The molecule has 0 spiro atoms. The fraction of sp³-hybridized carbons (Fsp3) is 0.731. The number of hydrogen-bond acceptors (Lipinski definition) is 10. The van der Waals surface area contributed by atoms with Crippen LogP contribution < -0.4 is 0 Å². The van der Waals surface area contributed by atoms with Crippen molar-refractivity contribution in [3.8, 4) is 0 Å². The first-order valence-corrected chi connectivity index (χ1v) is 12.9. The molecule has 1 fully saturated rings. The van der Waals surface area contributed by atoms with E-state index in [0.29, 0.717) is 26.1 Å². The van der Waals surface area contributed by atoms with Gasteiger partial charge in [-0.1, -0.05) is 0 Å². The van der Waals surface area contributed by atoms with Gasteiger partial charge in [-0.05, 0) is 80.7 Å². The zero-order valence-electron chi connectivity index (χ0n) is 25.2. The summed E-state index contributed by atoms with van der Waals surface area (Å²) in [6.07, 6.45) is 0.487. The highest BCUT2D eigenvalue weighted by Gasteiger charge is 2.34. The van der Waals surface area contributed by atoms with Gasteiger partial charge in [0.2, 0.25) is 0 Å². The Bertz CT molecular complexity index is 979. The number of aromatic amines is 1. The minimum atomic E-state index is -0.572. The molecule has 1 aromatic heterocycles. The van der Waals surface area contributed by atoms with Gasteiger partial charge in [0.15, 0.2) is 5.78 Å². The number of aliphatic hydroxyl groups is 1. The van der Waals surface area contributed by atoms with Gasteiger partial charge in [-0.25, -0.2) is 20.7 Å². The van der Waals surface area contributed by atoms with Crippen LogP contribution >= 0.6 is 12.4 Å². The number of ether oxygens (including phenoxy) is 2. The molecule has 0 aromatic carbocycles. The molecule has 2 amide bonds. The summed E-state index contributed by atoms with van der Waals surface area (Å²) >= 11 is 0. The molecule has 2 aliphatic rings. The van der Waals surface area contributed by atoms with Gasteiger partial charge in [-0.2, -0.15) is 5.10 Å². The van der Waals surface area contributed by atoms with Gasteiger partial charge in [0.1, 0.15) is 17.0 Å². The van der Waals surface area contributed by atoms with Gasteiger partial charge in [-0.15, -0.1) is 12.4 Å². The van der Waals surface area contributed by atoms with E-state index < -0.39 is 23.2 Å². The zero-order chi connectivity index (χ0) is 30.6. The maximum Gasteiger partial charge on any atom is 0.410 e. The van der Waals surface area contributed by atoms with Crippen LogP contribution in [0.25, 0.3) is 0 Å². The lowest BCUT2D eigenvalue weighted by Crippen LogP contribution is -2.47. The molecule has 1 atom stereocenters. The highest BCUT2D eigenvalue weighted by Crippen LogP contribution is 2.21. The summed E-state index contributed by atoms with van der Waals surface area (Å²) in [6.45, 7) is 17.9. The van der Waals surface area contributed by atoms with Crippen LogP contribution in [0.4, 0.5) is 9.59 Å². The van der Waals surface area contributed by atoms with Gasteiger partial charge in [0.05, 0.1) is 24.7 Å². The number of aromatic nitrogens is 2. The van der Waals surface area contributed by atoms with Crippen LogP contribution in [0.15, 0.2) is 0 Å². The molecule has 1 unspecified atom stereocenters. The second-order valence-electron chi connectivity index (χ2n) is 11.1. The number of piperidine rings is 1. The number of nitrogens with zero attached hydrogens (tertiary/aromatic N) is 3. The lowest BCUT2D eigenvalue weighted by molar-refractivity contribution is -0.135. The quantitative estimate of drug-likeness (QED) is 0.267. The lowest BCUT2D eigenvalue weighted by Gasteiger charge is -2.31. The van der Waals surface area contributed by atoms with E-state index in [1.54, 1.807) is 32.6 Å². The van der Waals surface area contributed by atoms with Crippen molar-refractivity contribution in [2.24, 2.45) is 5.92 Å². The second-order valence-corrected chi connectivity index (χ2v) is 11.1. The summed E-state index contributed by atoms with van der Waals surface area (Å²) in [6, 6.07) is 0. The maximum absolute atomic E-state index is 11.9. The van der Waals surface area contributed by atoms with Crippen LogP contribution in [0.3, 0.4) is 0 Å². The van der Waals surface area contributed by atoms with Crippen molar-refractivity contribution >= 4 is 36.2 Å². The molecule has 14 heteroatoms. The van der Waals surface area contributed by atoms with Crippen molar-refractivity contribution < 1.29 is 35.2 Å². The number of rotatable bonds is 1. The lowest BCUT2D eigenvalue weighted by atomic mass is 9.92. The number of likely N-dealkylation sites (tertiary alicyclic amines) is 1. The van der Waals surface area contributed by atoms with Crippen LogP contribution in [0.1, 0.15) is 80.2 Å². The van der Waals surface area contributed by atoms with Crippen molar-refractivity contribution in [1.82, 2.24) is 20.0 Å². The Labute approximate surface area is 244 Å². The number of hydrogen-bond donors (Lipinski definition) is 4. The maximum atomic E-state index is 11.9. The number of fused-ring (bicyclic) bond motifs is 1. The van der Waals surface area contributed by atoms with E-state index in [0.717, 1.165) is 17.8 Å².